The molecule has 0 fully saturated rings. The summed E-state index contributed by atoms with van der Waals surface area (Å²) in [4.78, 5) is 59.0. The van der Waals surface area contributed by atoms with Gasteiger partial charge in [0, 0.05) is 46.7 Å². The van der Waals surface area contributed by atoms with Crippen LogP contribution < -0.4 is 0 Å². The van der Waals surface area contributed by atoms with Gasteiger partial charge in [-0.15, -0.1) is 34.0 Å². The number of ether oxygens (including phenoxy) is 3. The first-order valence-electron chi connectivity index (χ1n) is 19.3. The molecule has 0 amide bonds. The molecule has 3 aromatic heterocycles. The summed E-state index contributed by atoms with van der Waals surface area (Å²) in [6.07, 6.45) is 11.8. The summed E-state index contributed by atoms with van der Waals surface area (Å²) in [5.41, 5.74) is 6.07. The Balaban J connectivity index is 0.000000144. The van der Waals surface area contributed by atoms with Crippen molar-refractivity contribution in [2.45, 2.75) is 69.0 Å². The maximum atomic E-state index is 11.9. The van der Waals surface area contributed by atoms with Crippen molar-refractivity contribution in [3.05, 3.63) is 155 Å². The maximum Gasteiger partial charge on any atom is 0.338 e. The monoisotopic (exact) mass is 867 g/mol. The molecule has 3 aromatic carbocycles. The Kier molecular flexibility index (Phi) is 14.9. The number of fused-ring (bicyclic) bond motifs is 3. The molecule has 312 valence electrons. The normalized spacial score (nSPS) is 18.5. The third-order valence-electron chi connectivity index (χ3n) is 10.6. The van der Waals surface area contributed by atoms with Gasteiger partial charge in [-0.1, -0.05) is 36.4 Å². The molecule has 2 N–H and O–H groups in total. The van der Waals surface area contributed by atoms with Gasteiger partial charge in [0.05, 0.1) is 43.5 Å². The van der Waals surface area contributed by atoms with Crippen molar-refractivity contribution in [3.63, 3.8) is 0 Å². The van der Waals surface area contributed by atoms with Gasteiger partial charge in [-0.3, -0.25) is 9.78 Å². The predicted molar refractivity (Wildman–Crippen MR) is 229 cm³/mol. The number of carbonyl (C=O) groups is 4. The highest BCUT2D eigenvalue weighted by Crippen LogP contribution is 2.43. The van der Waals surface area contributed by atoms with Crippen LogP contribution in [0.15, 0.2) is 94.8 Å². The Bertz CT molecular complexity index is 2270. The summed E-state index contributed by atoms with van der Waals surface area (Å²) in [6, 6.07) is 16.0. The van der Waals surface area contributed by atoms with Gasteiger partial charge in [-0.2, -0.15) is 0 Å². The van der Waals surface area contributed by atoms with Gasteiger partial charge >= 0.3 is 17.9 Å². The third kappa shape index (κ3) is 9.45. The van der Waals surface area contributed by atoms with Crippen LogP contribution in [0.5, 0.6) is 0 Å². The molecule has 3 aliphatic carbocycles. The van der Waals surface area contributed by atoms with Crippen LogP contribution in [0, 0.1) is 0 Å². The molecule has 12 nitrogen and oxygen atoms in total. The smallest absolute Gasteiger partial charge is 0.338 e. The molecule has 0 bridgehead atoms. The van der Waals surface area contributed by atoms with E-state index in [1.807, 2.05) is 28.3 Å². The highest BCUT2D eigenvalue weighted by molar-refractivity contribution is 7.10. The van der Waals surface area contributed by atoms with E-state index in [1.165, 1.54) is 44.0 Å². The molecule has 9 rings (SSSR count). The van der Waals surface area contributed by atoms with Crippen molar-refractivity contribution in [3.8, 4) is 0 Å². The van der Waals surface area contributed by atoms with E-state index in [0.29, 0.717) is 51.5 Å². The second kappa shape index (κ2) is 20.2. The van der Waals surface area contributed by atoms with E-state index in [-0.39, 0.29) is 23.7 Å². The highest BCUT2D eigenvalue weighted by Gasteiger charge is 2.41. The Morgan fingerprint density at radius 2 is 1.07 bits per heavy atom. The number of thiazole rings is 3. The van der Waals surface area contributed by atoms with Crippen molar-refractivity contribution in [1.82, 2.24) is 15.0 Å². The molecule has 0 unspecified atom stereocenters. The Morgan fingerprint density at radius 3 is 1.47 bits per heavy atom. The van der Waals surface area contributed by atoms with Crippen molar-refractivity contribution < 1.29 is 43.6 Å². The molecular formula is C45H45N3O9S3. The molecule has 15 heteroatoms. The zero-order valence-corrected chi connectivity index (χ0v) is 35.9. The molecule has 60 heavy (non-hydrogen) atoms. The molecule has 3 heterocycles. The second-order valence-electron chi connectivity index (χ2n) is 14.0. The summed E-state index contributed by atoms with van der Waals surface area (Å²) < 4.78 is 14.3. The molecular weight excluding hydrogens is 823 g/mol. The number of aliphatic hydroxyl groups is 2. The maximum absolute atomic E-state index is 11.9. The summed E-state index contributed by atoms with van der Waals surface area (Å²) in [5.74, 6) is -0.945. The van der Waals surface area contributed by atoms with E-state index in [9.17, 15) is 29.4 Å². The zero-order valence-electron chi connectivity index (χ0n) is 33.4. The van der Waals surface area contributed by atoms with Crippen LogP contribution in [0.2, 0.25) is 0 Å². The molecule has 0 saturated heterocycles. The summed E-state index contributed by atoms with van der Waals surface area (Å²) in [5, 5.41) is 29.1. The topological polar surface area (TPSA) is 175 Å². The number of esters is 3. The van der Waals surface area contributed by atoms with E-state index in [0.717, 1.165) is 66.3 Å². The van der Waals surface area contributed by atoms with Gasteiger partial charge in [0.25, 0.3) is 0 Å². The molecule has 0 radical (unpaired) electrons. The van der Waals surface area contributed by atoms with Crippen molar-refractivity contribution in [2.75, 3.05) is 21.3 Å². The average Bonchev–Trinajstić information content (AvgIpc) is 4.13. The number of nitrogens with zero attached hydrogens (tertiary/aromatic N) is 3. The molecule has 0 saturated carbocycles. The van der Waals surface area contributed by atoms with Crippen molar-refractivity contribution in [2.24, 2.45) is 0 Å². The Labute approximate surface area is 359 Å². The Hall–Kier alpha value is -5.45. The largest absolute Gasteiger partial charge is 0.465 e. The molecule has 3 aliphatic rings. The number of Topliss-reactive ketones (excluding diaryl/α,β-unsaturated/α-hetero) is 1. The van der Waals surface area contributed by atoms with Gasteiger partial charge < -0.3 is 24.4 Å². The lowest BCUT2D eigenvalue weighted by Gasteiger charge is -2.33. The zero-order chi connectivity index (χ0) is 42.7. The minimum atomic E-state index is -1.09. The lowest BCUT2D eigenvalue weighted by Crippen LogP contribution is -2.32. The van der Waals surface area contributed by atoms with Gasteiger partial charge in [0.2, 0.25) is 0 Å². The lowest BCUT2D eigenvalue weighted by atomic mass is 9.77. The van der Waals surface area contributed by atoms with Crippen LogP contribution in [-0.2, 0) is 44.7 Å². The summed E-state index contributed by atoms with van der Waals surface area (Å²) in [7, 11) is 4.10. The molecule has 0 spiro atoms. The van der Waals surface area contributed by atoms with Gasteiger partial charge in [-0.25, -0.2) is 24.4 Å². The second-order valence-corrected chi connectivity index (χ2v) is 16.6. The summed E-state index contributed by atoms with van der Waals surface area (Å²) >= 11 is 4.47. The van der Waals surface area contributed by atoms with E-state index in [1.54, 1.807) is 77.9 Å². The number of aromatic nitrogens is 3. The number of carbonyl (C=O) groups excluding carboxylic acids is 4. The number of ketones is 1. The standard InChI is InChI=1S/2C15H15NO3S.C12H12O3.C3H3NS/c2*1-19-13(17)11-4-2-6-12-10(11)5-3-7-15(12,18)14-16-8-9-20-14;1-15-12(14)10-6-2-5-9-8(10)4-3-7-11(9)13;1-2-5-3-4-1/h2*2,4,6,8-9,18H,3,5,7H2,1H3;2,5-6H,3-4,7H2,1H3;1-3H/t2*15-;;/m10../s1. The van der Waals surface area contributed by atoms with Crippen LogP contribution >= 0.6 is 34.0 Å². The van der Waals surface area contributed by atoms with Gasteiger partial charge in [0.15, 0.2) is 5.78 Å². The van der Waals surface area contributed by atoms with E-state index in [2.05, 4.69) is 19.7 Å². The quantitative estimate of drug-likeness (QED) is 0.126. The average molecular weight is 868 g/mol. The van der Waals surface area contributed by atoms with Crippen LogP contribution in [-0.4, -0.2) is 70.2 Å². The highest BCUT2D eigenvalue weighted by atomic mass is 32.1. The van der Waals surface area contributed by atoms with Crippen LogP contribution in [0.3, 0.4) is 0 Å². The fourth-order valence-corrected chi connectivity index (χ4v) is 9.77. The van der Waals surface area contributed by atoms with E-state index >= 15 is 0 Å². The fraction of sp³-hybridized carbons (Fsp3) is 0.311. The summed E-state index contributed by atoms with van der Waals surface area (Å²) in [6.45, 7) is 0. The first kappa shape index (κ1) is 44.1. The minimum Gasteiger partial charge on any atom is -0.465 e. The van der Waals surface area contributed by atoms with Crippen molar-refractivity contribution >= 4 is 57.7 Å². The first-order valence-corrected chi connectivity index (χ1v) is 22.0. The van der Waals surface area contributed by atoms with Crippen LogP contribution in [0.25, 0.3) is 0 Å². The van der Waals surface area contributed by atoms with E-state index in [4.69, 9.17) is 9.47 Å². The molecule has 6 aromatic rings. The molecule has 0 aliphatic heterocycles. The number of benzene rings is 3. The van der Waals surface area contributed by atoms with Crippen LogP contribution in [0.4, 0.5) is 0 Å². The third-order valence-corrected chi connectivity index (χ3v) is 13.0. The number of hydrogen-bond acceptors (Lipinski definition) is 15. The fourth-order valence-electron chi connectivity index (χ4n) is 7.86. The van der Waals surface area contributed by atoms with E-state index < -0.39 is 11.2 Å². The van der Waals surface area contributed by atoms with Crippen LogP contribution in [0.1, 0.15) is 118 Å². The minimum absolute atomic E-state index is 0.127. The van der Waals surface area contributed by atoms with Gasteiger partial charge in [0.1, 0.15) is 21.2 Å². The predicted octanol–water partition coefficient (Wildman–Crippen LogP) is 8.14. The first-order chi connectivity index (χ1) is 29.1. The Morgan fingerprint density at radius 1 is 0.600 bits per heavy atom. The van der Waals surface area contributed by atoms with Crippen molar-refractivity contribution in [1.29, 1.82) is 0 Å². The lowest BCUT2D eigenvalue weighted by molar-refractivity contribution is 0.0557. The number of methoxy groups -OCH3 is 3. The number of rotatable bonds is 5. The number of hydrogen-bond donors (Lipinski definition) is 2. The van der Waals surface area contributed by atoms with Gasteiger partial charge in [-0.05, 0) is 97.4 Å². The molecule has 2 atom stereocenters. The SMILES string of the molecule is COC(=O)c1cccc2c1CCCC2=O.COC(=O)c1cccc2c1CCC[C@@]2(O)c1nccs1.COC(=O)c1cccc2c1CCC[C@]2(O)c1nccs1.c1cscn1.